The Labute approximate surface area is 142 Å². The predicted molar refractivity (Wildman–Crippen MR) is 91.2 cm³/mol. The number of aromatic nitrogens is 2. The number of thiazole rings is 1. The van der Waals surface area contributed by atoms with Crippen LogP contribution in [0.5, 0.6) is 0 Å². The molecule has 3 aromatic rings. The molecule has 0 aliphatic carbocycles. The first-order valence-electron chi connectivity index (χ1n) is 6.99. The molecule has 0 spiro atoms. The number of nitrogens with two attached hydrogens (primary N) is 1. The van der Waals surface area contributed by atoms with Gasteiger partial charge in [0, 0.05) is 16.2 Å². The maximum absolute atomic E-state index is 11.0. The summed E-state index contributed by atoms with van der Waals surface area (Å²) in [5, 5.41) is 0. The molecule has 118 valence electrons. The smallest absolute Gasteiger partial charge is 0.226 e. The summed E-state index contributed by atoms with van der Waals surface area (Å²) in [5.74, 6) is 0.947. The van der Waals surface area contributed by atoms with E-state index >= 15 is 0 Å². The highest BCUT2D eigenvalue weighted by Gasteiger charge is 2.12. The minimum absolute atomic E-state index is 0.242. The van der Waals surface area contributed by atoms with Crippen molar-refractivity contribution in [3.8, 4) is 11.5 Å². The SMILES string of the molecule is Cc1nc(SCc2coc(-c3ccccc3)n2)sc1CC(N)=O. The number of amides is 1. The van der Waals surface area contributed by atoms with E-state index in [9.17, 15) is 4.79 Å². The molecule has 0 atom stereocenters. The molecular weight excluding hydrogens is 330 g/mol. The third kappa shape index (κ3) is 4.00. The molecule has 0 saturated carbocycles. The van der Waals surface area contributed by atoms with Gasteiger partial charge in [0.1, 0.15) is 6.26 Å². The molecular formula is C16H15N3O2S2. The Hall–Kier alpha value is -2.12. The van der Waals surface area contributed by atoms with Crippen molar-refractivity contribution in [3.05, 3.63) is 52.9 Å². The van der Waals surface area contributed by atoms with Gasteiger partial charge in [-0.1, -0.05) is 30.0 Å². The Balaban J connectivity index is 1.65. The Bertz CT molecular complexity index is 812. The predicted octanol–water partition coefficient (Wildman–Crippen LogP) is 3.43. The van der Waals surface area contributed by atoms with Crippen molar-refractivity contribution in [2.45, 2.75) is 23.4 Å². The molecule has 0 aliphatic heterocycles. The van der Waals surface area contributed by atoms with Crippen LogP contribution in [0.3, 0.4) is 0 Å². The molecule has 2 aromatic heterocycles. The quantitative estimate of drug-likeness (QED) is 0.692. The molecule has 0 saturated heterocycles. The summed E-state index contributed by atoms with van der Waals surface area (Å²) in [7, 11) is 0. The zero-order valence-electron chi connectivity index (χ0n) is 12.5. The lowest BCUT2D eigenvalue weighted by Crippen LogP contribution is -2.13. The van der Waals surface area contributed by atoms with E-state index in [1.807, 2.05) is 37.3 Å². The third-order valence-corrected chi connectivity index (χ3v) is 5.46. The van der Waals surface area contributed by atoms with Crippen LogP contribution >= 0.6 is 23.1 Å². The van der Waals surface area contributed by atoms with E-state index in [1.165, 1.54) is 11.3 Å². The van der Waals surface area contributed by atoms with Gasteiger partial charge in [-0.05, 0) is 19.1 Å². The minimum Gasteiger partial charge on any atom is -0.444 e. The molecule has 5 nitrogen and oxygen atoms in total. The highest BCUT2D eigenvalue weighted by Crippen LogP contribution is 2.30. The van der Waals surface area contributed by atoms with Gasteiger partial charge in [-0.15, -0.1) is 11.3 Å². The van der Waals surface area contributed by atoms with Gasteiger partial charge in [-0.2, -0.15) is 0 Å². The first-order chi connectivity index (χ1) is 11.1. The molecule has 2 heterocycles. The number of nitrogens with zero attached hydrogens (tertiary/aromatic N) is 2. The number of rotatable bonds is 6. The standard InChI is InChI=1S/C16H15N3O2S2/c1-10-13(7-14(17)20)23-16(18-10)22-9-12-8-21-15(19-12)11-5-3-2-4-6-11/h2-6,8H,7,9H2,1H3,(H2,17,20). The molecule has 3 rings (SSSR count). The Morgan fingerprint density at radius 2 is 2.09 bits per heavy atom. The summed E-state index contributed by atoms with van der Waals surface area (Å²) < 4.78 is 6.42. The number of thioether (sulfide) groups is 1. The van der Waals surface area contributed by atoms with Crippen LogP contribution in [0.2, 0.25) is 0 Å². The van der Waals surface area contributed by atoms with Crippen LogP contribution in [0.15, 0.2) is 45.4 Å². The van der Waals surface area contributed by atoms with Crippen LogP contribution in [0, 0.1) is 6.92 Å². The van der Waals surface area contributed by atoms with E-state index in [4.69, 9.17) is 10.2 Å². The molecule has 0 bridgehead atoms. The lowest BCUT2D eigenvalue weighted by Gasteiger charge is -1.93. The summed E-state index contributed by atoms with van der Waals surface area (Å²) >= 11 is 3.08. The molecule has 23 heavy (non-hydrogen) atoms. The average molecular weight is 345 g/mol. The number of aryl methyl sites for hydroxylation is 1. The second-order valence-electron chi connectivity index (χ2n) is 4.93. The summed E-state index contributed by atoms with van der Waals surface area (Å²) in [6.07, 6.45) is 1.91. The molecule has 1 amide bonds. The third-order valence-electron chi connectivity index (χ3n) is 3.12. The van der Waals surface area contributed by atoms with Gasteiger partial charge in [-0.25, -0.2) is 9.97 Å². The molecule has 2 N–H and O–H groups in total. The number of primary amides is 1. The topological polar surface area (TPSA) is 82.0 Å². The van der Waals surface area contributed by atoms with Crippen molar-refractivity contribution < 1.29 is 9.21 Å². The lowest BCUT2D eigenvalue weighted by atomic mass is 10.2. The van der Waals surface area contributed by atoms with Crippen LogP contribution in [-0.4, -0.2) is 15.9 Å². The first-order valence-corrected chi connectivity index (χ1v) is 8.79. The van der Waals surface area contributed by atoms with Crippen LogP contribution in [0.1, 0.15) is 16.3 Å². The normalized spacial score (nSPS) is 10.8. The summed E-state index contributed by atoms with van der Waals surface area (Å²) in [4.78, 5) is 20.9. The second-order valence-corrected chi connectivity index (χ2v) is 7.24. The van der Waals surface area contributed by atoms with E-state index in [2.05, 4.69) is 9.97 Å². The summed E-state index contributed by atoms with van der Waals surface area (Å²) in [6, 6.07) is 9.78. The number of oxazole rings is 1. The van der Waals surface area contributed by atoms with Crippen molar-refractivity contribution in [2.24, 2.45) is 5.73 Å². The monoisotopic (exact) mass is 345 g/mol. The fraction of sp³-hybridized carbons (Fsp3) is 0.188. The number of carbonyl (C=O) groups excluding carboxylic acids is 1. The highest BCUT2D eigenvalue weighted by atomic mass is 32.2. The van der Waals surface area contributed by atoms with E-state index in [0.717, 1.165) is 26.2 Å². The second kappa shape index (κ2) is 6.97. The zero-order valence-corrected chi connectivity index (χ0v) is 14.1. The van der Waals surface area contributed by atoms with Gasteiger partial charge in [0.25, 0.3) is 0 Å². The zero-order chi connectivity index (χ0) is 16.2. The van der Waals surface area contributed by atoms with Crippen molar-refractivity contribution in [1.82, 2.24) is 9.97 Å². The van der Waals surface area contributed by atoms with E-state index < -0.39 is 0 Å². The summed E-state index contributed by atoms with van der Waals surface area (Å²) in [6.45, 7) is 1.89. The summed E-state index contributed by atoms with van der Waals surface area (Å²) in [5.41, 5.74) is 7.91. The fourth-order valence-electron chi connectivity index (χ4n) is 2.01. The Morgan fingerprint density at radius 1 is 1.30 bits per heavy atom. The van der Waals surface area contributed by atoms with E-state index in [-0.39, 0.29) is 12.3 Å². The first kappa shape index (κ1) is 15.8. The van der Waals surface area contributed by atoms with E-state index in [1.54, 1.807) is 18.0 Å². The Morgan fingerprint density at radius 3 is 2.83 bits per heavy atom. The molecule has 0 radical (unpaired) electrons. The van der Waals surface area contributed by atoms with Gasteiger partial charge in [0.15, 0.2) is 4.34 Å². The maximum Gasteiger partial charge on any atom is 0.226 e. The number of hydrogen-bond donors (Lipinski definition) is 1. The van der Waals surface area contributed by atoms with Crippen LogP contribution < -0.4 is 5.73 Å². The Kier molecular flexibility index (Phi) is 4.78. The molecule has 0 fully saturated rings. The molecule has 1 aromatic carbocycles. The van der Waals surface area contributed by atoms with Crippen LogP contribution in [-0.2, 0) is 17.0 Å². The van der Waals surface area contributed by atoms with Crippen molar-refractivity contribution >= 4 is 29.0 Å². The van der Waals surface area contributed by atoms with Crippen molar-refractivity contribution in [3.63, 3.8) is 0 Å². The van der Waals surface area contributed by atoms with Gasteiger partial charge in [0.05, 0.1) is 17.8 Å². The van der Waals surface area contributed by atoms with Gasteiger partial charge >= 0.3 is 0 Å². The average Bonchev–Trinajstić information content (AvgIpc) is 3.13. The number of carbonyl (C=O) groups is 1. The highest BCUT2D eigenvalue weighted by molar-refractivity contribution is 8.00. The van der Waals surface area contributed by atoms with Crippen molar-refractivity contribution in [2.75, 3.05) is 0 Å². The molecule has 0 unspecified atom stereocenters. The molecule has 7 heteroatoms. The lowest BCUT2D eigenvalue weighted by molar-refractivity contribution is -0.117. The van der Waals surface area contributed by atoms with Crippen LogP contribution in [0.25, 0.3) is 11.5 Å². The van der Waals surface area contributed by atoms with Gasteiger partial charge in [0.2, 0.25) is 11.8 Å². The maximum atomic E-state index is 11.0. The van der Waals surface area contributed by atoms with Crippen molar-refractivity contribution in [1.29, 1.82) is 0 Å². The number of hydrogen-bond acceptors (Lipinski definition) is 6. The van der Waals surface area contributed by atoms with E-state index in [0.29, 0.717) is 11.6 Å². The fourth-order valence-corrected chi connectivity index (χ4v) is 4.13. The largest absolute Gasteiger partial charge is 0.444 e. The van der Waals surface area contributed by atoms with Gasteiger partial charge in [-0.3, -0.25) is 4.79 Å². The minimum atomic E-state index is -0.336. The van der Waals surface area contributed by atoms with Gasteiger partial charge < -0.3 is 10.2 Å². The molecule has 0 aliphatic rings. The van der Waals surface area contributed by atoms with Crippen LogP contribution in [0.4, 0.5) is 0 Å². The number of benzene rings is 1.